The average molecular weight is 333 g/mol. The summed E-state index contributed by atoms with van der Waals surface area (Å²) < 4.78 is 28.2. The van der Waals surface area contributed by atoms with Crippen molar-refractivity contribution >= 4 is 27.5 Å². The summed E-state index contributed by atoms with van der Waals surface area (Å²) in [5.41, 5.74) is 0. The maximum atomic E-state index is 11.9. The molecule has 0 bridgehead atoms. The Labute approximate surface area is 128 Å². The summed E-state index contributed by atoms with van der Waals surface area (Å²) in [7, 11) is -1.42. The molecule has 21 heavy (non-hydrogen) atoms. The molecule has 1 aliphatic heterocycles. The molecule has 2 amide bonds. The number of nitrogens with one attached hydrogen (secondary N) is 1. The molecule has 1 aliphatic rings. The van der Waals surface area contributed by atoms with Crippen molar-refractivity contribution in [1.82, 2.24) is 10.2 Å². The van der Waals surface area contributed by atoms with Crippen LogP contribution in [-0.2, 0) is 9.84 Å². The fourth-order valence-corrected chi connectivity index (χ4v) is 3.98. The van der Waals surface area contributed by atoms with E-state index in [1.807, 2.05) is 0 Å². The second-order valence-corrected chi connectivity index (χ2v) is 7.56. The molecule has 116 valence electrons. The van der Waals surface area contributed by atoms with E-state index in [-0.39, 0.29) is 30.3 Å². The monoisotopic (exact) mass is 332 g/mol. The highest BCUT2D eigenvalue weighted by molar-refractivity contribution is 7.91. The Hall–Kier alpha value is -1.47. The van der Waals surface area contributed by atoms with Gasteiger partial charge in [-0.25, -0.2) is 13.2 Å². The van der Waals surface area contributed by atoms with Crippen molar-refractivity contribution in [2.75, 3.05) is 25.3 Å². The SMILES string of the molecule is CN(C(=O)NCOc1ccc(Cl)cc1)C1CCS(=O)(=O)C1. The van der Waals surface area contributed by atoms with Gasteiger partial charge in [0, 0.05) is 18.1 Å². The van der Waals surface area contributed by atoms with E-state index in [1.54, 1.807) is 31.3 Å². The number of rotatable bonds is 4. The normalized spacial score (nSPS) is 20.0. The van der Waals surface area contributed by atoms with E-state index in [2.05, 4.69) is 5.32 Å². The van der Waals surface area contributed by atoms with Gasteiger partial charge in [-0.2, -0.15) is 0 Å². The molecule has 0 saturated carbocycles. The maximum Gasteiger partial charge on any atom is 0.320 e. The molecule has 6 nitrogen and oxygen atoms in total. The number of carbonyl (C=O) groups excluding carboxylic acids is 1. The first kappa shape index (κ1) is 15.9. The quantitative estimate of drug-likeness (QED) is 0.848. The Morgan fingerprint density at radius 1 is 1.43 bits per heavy atom. The zero-order valence-corrected chi connectivity index (χ0v) is 13.2. The van der Waals surface area contributed by atoms with E-state index < -0.39 is 9.84 Å². The molecule has 0 radical (unpaired) electrons. The molecule has 1 atom stereocenters. The van der Waals surface area contributed by atoms with Crippen molar-refractivity contribution in [1.29, 1.82) is 0 Å². The fraction of sp³-hybridized carbons (Fsp3) is 0.462. The van der Waals surface area contributed by atoms with Crippen molar-refractivity contribution in [3.05, 3.63) is 29.3 Å². The van der Waals surface area contributed by atoms with Gasteiger partial charge in [0.05, 0.1) is 11.5 Å². The van der Waals surface area contributed by atoms with Crippen LogP contribution >= 0.6 is 11.6 Å². The van der Waals surface area contributed by atoms with Gasteiger partial charge in [-0.1, -0.05) is 11.6 Å². The maximum absolute atomic E-state index is 11.9. The minimum atomic E-state index is -3.01. The number of hydrogen-bond donors (Lipinski definition) is 1. The number of urea groups is 1. The molecule has 1 N–H and O–H groups in total. The Kier molecular flexibility index (Phi) is 4.95. The molecule has 1 unspecified atom stereocenters. The van der Waals surface area contributed by atoms with Crippen molar-refractivity contribution in [2.45, 2.75) is 12.5 Å². The van der Waals surface area contributed by atoms with E-state index in [1.165, 1.54) is 4.90 Å². The van der Waals surface area contributed by atoms with Crippen molar-refractivity contribution in [3.63, 3.8) is 0 Å². The fourth-order valence-electron chi connectivity index (χ4n) is 2.08. The van der Waals surface area contributed by atoms with Crippen LogP contribution < -0.4 is 10.1 Å². The molecule has 1 aromatic rings. The summed E-state index contributed by atoms with van der Waals surface area (Å²) in [5, 5.41) is 3.19. The summed E-state index contributed by atoms with van der Waals surface area (Å²) in [4.78, 5) is 13.3. The number of nitrogens with zero attached hydrogens (tertiary/aromatic N) is 1. The van der Waals surface area contributed by atoms with Crippen molar-refractivity contribution in [3.8, 4) is 5.75 Å². The minimum absolute atomic E-state index is 0.00424. The van der Waals surface area contributed by atoms with Crippen molar-refractivity contribution in [2.24, 2.45) is 0 Å². The summed E-state index contributed by atoms with van der Waals surface area (Å²) in [6.07, 6.45) is 0.476. The van der Waals surface area contributed by atoms with Crippen LogP contribution in [-0.4, -0.2) is 50.7 Å². The largest absolute Gasteiger partial charge is 0.473 e. The highest BCUT2D eigenvalue weighted by atomic mass is 35.5. The molecule has 1 heterocycles. The predicted octanol–water partition coefficient (Wildman–Crippen LogP) is 1.50. The smallest absolute Gasteiger partial charge is 0.320 e. The van der Waals surface area contributed by atoms with Gasteiger partial charge in [-0.05, 0) is 30.7 Å². The zero-order valence-electron chi connectivity index (χ0n) is 11.6. The van der Waals surface area contributed by atoms with Crippen LogP contribution in [0, 0.1) is 0 Å². The summed E-state index contributed by atoms with van der Waals surface area (Å²) in [6, 6.07) is 6.14. The topological polar surface area (TPSA) is 75.7 Å². The lowest BCUT2D eigenvalue weighted by molar-refractivity contribution is 0.182. The van der Waals surface area contributed by atoms with Gasteiger partial charge in [0.25, 0.3) is 0 Å². The van der Waals surface area contributed by atoms with E-state index >= 15 is 0 Å². The van der Waals surface area contributed by atoms with E-state index in [4.69, 9.17) is 16.3 Å². The van der Waals surface area contributed by atoms with Gasteiger partial charge in [0.1, 0.15) is 5.75 Å². The average Bonchev–Trinajstić information content (AvgIpc) is 2.80. The molecule has 1 saturated heterocycles. The predicted molar refractivity (Wildman–Crippen MR) is 80.3 cm³/mol. The lowest BCUT2D eigenvalue weighted by Crippen LogP contribution is -2.45. The molecule has 8 heteroatoms. The first-order chi connectivity index (χ1) is 9.87. The first-order valence-electron chi connectivity index (χ1n) is 6.47. The first-order valence-corrected chi connectivity index (χ1v) is 8.67. The number of benzene rings is 1. The minimum Gasteiger partial charge on any atom is -0.473 e. The van der Waals surface area contributed by atoms with Crippen LogP contribution in [0.1, 0.15) is 6.42 Å². The van der Waals surface area contributed by atoms with Gasteiger partial charge >= 0.3 is 6.03 Å². The summed E-state index contributed by atoms with van der Waals surface area (Å²) >= 11 is 5.75. The lowest BCUT2D eigenvalue weighted by Gasteiger charge is -2.23. The third-order valence-electron chi connectivity index (χ3n) is 3.35. The zero-order chi connectivity index (χ0) is 15.5. The highest BCUT2D eigenvalue weighted by Gasteiger charge is 2.32. The molecule has 0 spiro atoms. The molecule has 1 aromatic carbocycles. The Bertz CT molecular complexity index is 603. The number of hydrogen-bond acceptors (Lipinski definition) is 4. The van der Waals surface area contributed by atoms with Gasteiger partial charge in [0.15, 0.2) is 16.6 Å². The molecular weight excluding hydrogens is 316 g/mol. The number of sulfone groups is 1. The van der Waals surface area contributed by atoms with Crippen molar-refractivity contribution < 1.29 is 17.9 Å². The van der Waals surface area contributed by atoms with Crippen LogP contribution in [0.3, 0.4) is 0 Å². The molecule has 0 aliphatic carbocycles. The van der Waals surface area contributed by atoms with Crippen LogP contribution in [0.15, 0.2) is 24.3 Å². The molecular formula is C13H17ClN2O4S. The molecule has 1 fully saturated rings. The van der Waals surface area contributed by atoms with Crippen LogP contribution in [0.2, 0.25) is 5.02 Å². The third-order valence-corrected chi connectivity index (χ3v) is 5.35. The van der Waals surface area contributed by atoms with Crippen LogP contribution in [0.5, 0.6) is 5.75 Å². The summed E-state index contributed by atoms with van der Waals surface area (Å²) in [6.45, 7) is 0.00424. The van der Waals surface area contributed by atoms with Gasteiger partial charge in [0.2, 0.25) is 0 Å². The second-order valence-electron chi connectivity index (χ2n) is 4.89. The molecule has 0 aromatic heterocycles. The molecule has 2 rings (SSSR count). The third kappa shape index (κ3) is 4.50. The van der Waals surface area contributed by atoms with E-state index in [0.717, 1.165) is 0 Å². The highest BCUT2D eigenvalue weighted by Crippen LogP contribution is 2.17. The van der Waals surface area contributed by atoms with Gasteiger partial charge in [-0.15, -0.1) is 0 Å². The number of carbonyl (C=O) groups is 1. The lowest BCUT2D eigenvalue weighted by atomic mass is 10.2. The van der Waals surface area contributed by atoms with Crippen LogP contribution in [0.4, 0.5) is 4.79 Å². The number of halogens is 1. The summed E-state index contributed by atoms with van der Waals surface area (Å²) in [5.74, 6) is 0.747. The Morgan fingerprint density at radius 3 is 2.67 bits per heavy atom. The van der Waals surface area contributed by atoms with E-state index in [9.17, 15) is 13.2 Å². The van der Waals surface area contributed by atoms with Gasteiger partial charge in [-0.3, -0.25) is 0 Å². The second kappa shape index (κ2) is 6.53. The Morgan fingerprint density at radius 2 is 2.10 bits per heavy atom. The Balaban J connectivity index is 1.78. The number of amides is 2. The number of ether oxygens (including phenoxy) is 1. The van der Waals surface area contributed by atoms with Crippen LogP contribution in [0.25, 0.3) is 0 Å². The van der Waals surface area contributed by atoms with Gasteiger partial charge < -0.3 is 15.0 Å². The van der Waals surface area contributed by atoms with E-state index in [0.29, 0.717) is 17.2 Å². The standard InChI is InChI=1S/C13H17ClN2O4S/c1-16(11-6-7-21(18,19)8-11)13(17)15-9-20-12-4-2-10(14)3-5-12/h2-5,11H,6-9H2,1H3,(H,15,17).